The lowest BCUT2D eigenvalue weighted by molar-refractivity contribution is 0.0952. The van der Waals surface area contributed by atoms with Crippen molar-refractivity contribution in [2.24, 2.45) is 0 Å². The zero-order valence-corrected chi connectivity index (χ0v) is 15.8. The van der Waals surface area contributed by atoms with E-state index in [2.05, 4.69) is 43.8 Å². The van der Waals surface area contributed by atoms with Crippen molar-refractivity contribution in [1.29, 1.82) is 0 Å². The van der Waals surface area contributed by atoms with Crippen LogP contribution in [0.5, 0.6) is 5.75 Å². The first-order valence-corrected chi connectivity index (χ1v) is 8.99. The molecular weight excluding hydrogens is 342 g/mol. The second-order valence-corrected chi connectivity index (χ2v) is 6.33. The minimum absolute atomic E-state index is 0.210. The Morgan fingerprint density at radius 3 is 2.48 bits per heavy atom. The van der Waals surface area contributed by atoms with E-state index in [1.54, 1.807) is 26.2 Å². The Morgan fingerprint density at radius 2 is 1.85 bits per heavy atom. The molecule has 142 valence electrons. The van der Waals surface area contributed by atoms with Crippen LogP contribution in [-0.4, -0.2) is 55.7 Å². The van der Waals surface area contributed by atoms with Crippen molar-refractivity contribution >= 4 is 17.4 Å². The van der Waals surface area contributed by atoms with Gasteiger partial charge >= 0.3 is 0 Å². The number of nitrogens with one attached hydrogen (secondary N) is 1. The molecule has 0 radical (unpaired) electrons. The number of ether oxygens (including phenoxy) is 1. The number of anilines is 2. The Labute approximate surface area is 159 Å². The molecule has 0 saturated carbocycles. The van der Waals surface area contributed by atoms with Crippen LogP contribution in [0.25, 0.3) is 0 Å². The van der Waals surface area contributed by atoms with E-state index in [-0.39, 0.29) is 5.91 Å². The number of benzene rings is 1. The fraction of sp³-hybridized carbons (Fsp3) is 0.350. The second kappa shape index (κ2) is 8.53. The maximum absolute atomic E-state index is 12.2. The molecule has 1 saturated heterocycles. The van der Waals surface area contributed by atoms with Gasteiger partial charge in [-0.15, -0.1) is 6.58 Å². The van der Waals surface area contributed by atoms with Gasteiger partial charge in [-0.25, -0.2) is 9.97 Å². The van der Waals surface area contributed by atoms with Crippen LogP contribution in [0.1, 0.15) is 16.3 Å². The highest BCUT2D eigenvalue weighted by Gasteiger charge is 2.20. The first-order chi connectivity index (χ1) is 13.1. The number of rotatable bonds is 6. The van der Waals surface area contributed by atoms with E-state index < -0.39 is 0 Å². The molecule has 0 spiro atoms. The number of aryl methyl sites for hydroxylation is 1. The molecule has 1 N–H and O–H groups in total. The smallest absolute Gasteiger partial charge is 0.270 e. The van der Waals surface area contributed by atoms with Crippen molar-refractivity contribution < 1.29 is 9.53 Å². The fourth-order valence-corrected chi connectivity index (χ4v) is 3.07. The molecule has 2 aromatic rings. The van der Waals surface area contributed by atoms with Crippen LogP contribution in [0.2, 0.25) is 0 Å². The fourth-order valence-electron chi connectivity index (χ4n) is 3.07. The number of hydrogen-bond donors (Lipinski definition) is 1. The molecule has 1 aromatic heterocycles. The molecular formula is C20H25N5O2. The first-order valence-electron chi connectivity index (χ1n) is 8.99. The molecule has 1 fully saturated rings. The molecule has 2 heterocycles. The van der Waals surface area contributed by atoms with Gasteiger partial charge < -0.3 is 19.9 Å². The zero-order valence-electron chi connectivity index (χ0n) is 15.8. The first kappa shape index (κ1) is 18.7. The van der Waals surface area contributed by atoms with Crippen molar-refractivity contribution in [3.63, 3.8) is 0 Å². The van der Waals surface area contributed by atoms with Gasteiger partial charge in [0, 0.05) is 44.5 Å². The minimum atomic E-state index is -0.210. The van der Waals surface area contributed by atoms with Gasteiger partial charge in [0.1, 0.15) is 23.1 Å². The van der Waals surface area contributed by atoms with Crippen molar-refractivity contribution in [3.8, 4) is 5.75 Å². The van der Waals surface area contributed by atoms with E-state index in [0.29, 0.717) is 18.1 Å². The summed E-state index contributed by atoms with van der Waals surface area (Å²) in [5.74, 6) is 2.03. The van der Waals surface area contributed by atoms with Crippen LogP contribution < -0.4 is 19.9 Å². The predicted molar refractivity (Wildman–Crippen MR) is 107 cm³/mol. The summed E-state index contributed by atoms with van der Waals surface area (Å²) in [6.07, 6.45) is 1.64. The normalized spacial score (nSPS) is 14.0. The highest BCUT2D eigenvalue weighted by atomic mass is 16.5. The lowest BCUT2D eigenvalue weighted by atomic mass is 10.2. The number of nitrogens with zero attached hydrogens (tertiary/aromatic N) is 4. The summed E-state index contributed by atoms with van der Waals surface area (Å²) in [7, 11) is 1.67. The third-order valence-corrected chi connectivity index (χ3v) is 4.51. The highest BCUT2D eigenvalue weighted by molar-refractivity contribution is 5.93. The summed E-state index contributed by atoms with van der Waals surface area (Å²) in [5.41, 5.74) is 1.57. The summed E-state index contributed by atoms with van der Waals surface area (Å²) in [6.45, 7) is 9.25. The summed E-state index contributed by atoms with van der Waals surface area (Å²) < 4.78 is 5.22. The largest absolute Gasteiger partial charge is 0.497 e. The van der Waals surface area contributed by atoms with Gasteiger partial charge in [0.05, 0.1) is 7.11 Å². The number of aromatic nitrogens is 2. The zero-order chi connectivity index (χ0) is 19.2. The van der Waals surface area contributed by atoms with Crippen molar-refractivity contribution in [2.75, 3.05) is 49.6 Å². The van der Waals surface area contributed by atoms with E-state index in [1.807, 2.05) is 12.1 Å². The van der Waals surface area contributed by atoms with E-state index in [1.165, 1.54) is 5.69 Å². The van der Waals surface area contributed by atoms with Gasteiger partial charge in [0.15, 0.2) is 0 Å². The second-order valence-electron chi connectivity index (χ2n) is 6.33. The Balaban J connectivity index is 1.67. The third kappa shape index (κ3) is 4.55. The highest BCUT2D eigenvalue weighted by Crippen LogP contribution is 2.22. The molecule has 0 bridgehead atoms. The molecule has 3 rings (SSSR count). The minimum Gasteiger partial charge on any atom is -0.497 e. The van der Waals surface area contributed by atoms with Crippen LogP contribution in [0.4, 0.5) is 11.5 Å². The number of carbonyl (C=O) groups is 1. The standard InChI is InChI=1S/C20H25N5O2/c1-4-9-21-20(26)18-14-19(23-15(2)22-18)25-12-10-24(11-13-25)16-5-7-17(27-3)8-6-16/h4-8,14H,1,9-13H2,2-3H3,(H,21,26). The van der Waals surface area contributed by atoms with Gasteiger partial charge in [-0.2, -0.15) is 0 Å². The molecule has 0 aliphatic carbocycles. The maximum atomic E-state index is 12.2. The monoisotopic (exact) mass is 367 g/mol. The molecule has 1 aromatic carbocycles. The summed E-state index contributed by atoms with van der Waals surface area (Å²) in [4.78, 5) is 25.5. The van der Waals surface area contributed by atoms with Crippen molar-refractivity contribution in [2.45, 2.75) is 6.92 Å². The topological polar surface area (TPSA) is 70.6 Å². The molecule has 27 heavy (non-hydrogen) atoms. The van der Waals surface area contributed by atoms with Crippen LogP contribution in [0.15, 0.2) is 43.0 Å². The van der Waals surface area contributed by atoms with Crippen LogP contribution in [0, 0.1) is 6.92 Å². The average Bonchev–Trinajstić information content (AvgIpc) is 2.71. The summed E-state index contributed by atoms with van der Waals surface area (Å²) >= 11 is 0. The number of carbonyl (C=O) groups excluding carboxylic acids is 1. The van der Waals surface area contributed by atoms with Gasteiger partial charge in [0.25, 0.3) is 5.91 Å². The summed E-state index contributed by atoms with van der Waals surface area (Å²) in [6, 6.07) is 9.86. The Kier molecular flexibility index (Phi) is 5.90. The average molecular weight is 367 g/mol. The molecule has 1 amide bonds. The molecule has 1 aliphatic heterocycles. The van der Waals surface area contributed by atoms with Gasteiger partial charge in [-0.05, 0) is 31.2 Å². The number of methoxy groups -OCH3 is 1. The van der Waals surface area contributed by atoms with Crippen LogP contribution in [0.3, 0.4) is 0 Å². The van der Waals surface area contributed by atoms with Crippen LogP contribution >= 0.6 is 0 Å². The van der Waals surface area contributed by atoms with E-state index in [9.17, 15) is 4.79 Å². The van der Waals surface area contributed by atoms with E-state index >= 15 is 0 Å². The lowest BCUT2D eigenvalue weighted by Crippen LogP contribution is -2.47. The number of hydrogen-bond acceptors (Lipinski definition) is 6. The Morgan fingerprint density at radius 1 is 1.19 bits per heavy atom. The van der Waals surface area contributed by atoms with Gasteiger partial charge in [-0.3, -0.25) is 4.79 Å². The van der Waals surface area contributed by atoms with Gasteiger partial charge in [0.2, 0.25) is 0 Å². The van der Waals surface area contributed by atoms with Crippen molar-refractivity contribution in [1.82, 2.24) is 15.3 Å². The summed E-state index contributed by atoms with van der Waals surface area (Å²) in [5, 5.41) is 2.76. The molecule has 7 heteroatoms. The maximum Gasteiger partial charge on any atom is 0.270 e. The molecule has 0 atom stereocenters. The van der Waals surface area contributed by atoms with Crippen LogP contribution in [-0.2, 0) is 0 Å². The Bertz CT molecular complexity index is 799. The molecule has 7 nitrogen and oxygen atoms in total. The predicted octanol–water partition coefficient (Wildman–Crippen LogP) is 2.04. The van der Waals surface area contributed by atoms with Gasteiger partial charge in [-0.1, -0.05) is 6.08 Å². The van der Waals surface area contributed by atoms with E-state index in [4.69, 9.17) is 4.74 Å². The Hall–Kier alpha value is -3.09. The quantitative estimate of drug-likeness (QED) is 0.788. The number of amides is 1. The van der Waals surface area contributed by atoms with E-state index in [0.717, 1.165) is 37.7 Å². The SMILES string of the molecule is C=CCNC(=O)c1cc(N2CCN(c3ccc(OC)cc3)CC2)nc(C)n1. The third-order valence-electron chi connectivity index (χ3n) is 4.51. The number of piperazine rings is 1. The molecule has 1 aliphatic rings. The van der Waals surface area contributed by atoms with Crippen molar-refractivity contribution in [3.05, 3.63) is 54.5 Å². The molecule has 0 unspecified atom stereocenters. The lowest BCUT2D eigenvalue weighted by Gasteiger charge is -2.36.